The minimum atomic E-state index is -4.43. The SMILES string of the molecule is CC/C=C\C/C=C\C/C=C\C/C=C\C=C\C(O)CCCC(=O)OC(COC(=O)CCCCCCCCCCCCCCC)COP(=O)(O)OCC[N+](C)(C)C. The van der Waals surface area contributed by atoms with Crippen molar-refractivity contribution in [1.29, 1.82) is 0 Å². The lowest BCUT2D eigenvalue weighted by Crippen LogP contribution is -2.37. The molecule has 0 saturated carbocycles. The van der Waals surface area contributed by atoms with E-state index in [1.807, 2.05) is 33.3 Å². The van der Waals surface area contributed by atoms with Gasteiger partial charge in [0.1, 0.15) is 19.8 Å². The molecule has 0 aromatic heterocycles. The van der Waals surface area contributed by atoms with Gasteiger partial charge < -0.3 is 24.0 Å². The lowest BCUT2D eigenvalue weighted by atomic mass is 10.0. The number of carbonyl (C=O) groups is 2. The molecular formula is C44H79NO9P+. The van der Waals surface area contributed by atoms with Crippen molar-refractivity contribution >= 4 is 19.8 Å². The molecule has 3 atom stereocenters. The molecule has 0 heterocycles. The molecule has 0 aromatic rings. The first kappa shape index (κ1) is 52.7. The molecule has 0 saturated heterocycles. The molecule has 3 unspecified atom stereocenters. The van der Waals surface area contributed by atoms with Gasteiger partial charge in [-0.15, -0.1) is 0 Å². The normalized spacial score (nSPS) is 14.8. The van der Waals surface area contributed by atoms with Gasteiger partial charge in [0, 0.05) is 12.8 Å². The van der Waals surface area contributed by atoms with E-state index in [1.165, 1.54) is 57.8 Å². The molecule has 0 amide bonds. The standard InChI is InChI=1S/C44H78NO9P/c1-6-8-10-12-14-16-18-20-22-24-26-28-30-33-41(46)34-32-36-44(48)54-42(40-53-55(49,50)52-38-37-45(3,4)5)39-51-43(47)35-31-29-27-25-23-21-19-17-15-13-11-9-7-2/h8,10,14,16,20,22,26,28,30,33,41-42,46H,6-7,9,11-13,15,17-19,21,23-25,27,29,31-32,34-40H2,1-5H3/p+1/b10-8-,16-14-,22-20-,28-26-,33-30+. The van der Waals surface area contributed by atoms with E-state index < -0.39 is 38.6 Å². The van der Waals surface area contributed by atoms with Crippen molar-refractivity contribution in [2.45, 2.75) is 161 Å². The Hall–Kier alpha value is -2.33. The van der Waals surface area contributed by atoms with Gasteiger partial charge in [-0.25, -0.2) is 4.57 Å². The number of aliphatic hydroxyl groups is 1. The maximum absolute atomic E-state index is 12.7. The van der Waals surface area contributed by atoms with E-state index in [1.54, 1.807) is 12.2 Å². The molecule has 0 aromatic carbocycles. The van der Waals surface area contributed by atoms with Gasteiger partial charge in [0.15, 0.2) is 6.10 Å². The predicted octanol–water partition coefficient (Wildman–Crippen LogP) is 10.7. The van der Waals surface area contributed by atoms with Crippen molar-refractivity contribution in [1.82, 2.24) is 0 Å². The maximum Gasteiger partial charge on any atom is 0.472 e. The summed E-state index contributed by atoms with van der Waals surface area (Å²) in [5.41, 5.74) is 0. The highest BCUT2D eigenvalue weighted by molar-refractivity contribution is 7.47. The van der Waals surface area contributed by atoms with Crippen LogP contribution in [0.1, 0.15) is 149 Å². The van der Waals surface area contributed by atoms with Crippen molar-refractivity contribution in [2.24, 2.45) is 0 Å². The van der Waals surface area contributed by atoms with E-state index in [2.05, 4.69) is 50.3 Å². The van der Waals surface area contributed by atoms with Crippen LogP contribution >= 0.6 is 7.82 Å². The van der Waals surface area contributed by atoms with Crippen LogP contribution in [0.2, 0.25) is 0 Å². The summed E-state index contributed by atoms with van der Waals surface area (Å²) in [7, 11) is 1.35. The van der Waals surface area contributed by atoms with Gasteiger partial charge in [-0.1, -0.05) is 152 Å². The van der Waals surface area contributed by atoms with Crippen LogP contribution in [0.15, 0.2) is 60.8 Å². The van der Waals surface area contributed by atoms with Crippen LogP contribution in [0, 0.1) is 0 Å². The number of unbranched alkanes of at least 4 members (excludes halogenated alkanes) is 12. The van der Waals surface area contributed by atoms with Crippen LogP contribution in [0.5, 0.6) is 0 Å². The number of quaternary nitrogens is 1. The molecule has 0 aliphatic carbocycles. The molecule has 0 fully saturated rings. The Balaban J connectivity index is 4.61. The van der Waals surface area contributed by atoms with Gasteiger partial charge >= 0.3 is 19.8 Å². The number of ether oxygens (including phenoxy) is 2. The smallest absolute Gasteiger partial charge is 0.462 e. The molecule has 0 rings (SSSR count). The number of phosphoric acid groups is 1. The summed E-state index contributed by atoms with van der Waals surface area (Å²) >= 11 is 0. The zero-order valence-corrected chi connectivity index (χ0v) is 36.1. The minimum absolute atomic E-state index is 0.00506. The van der Waals surface area contributed by atoms with Crippen molar-refractivity contribution in [3.63, 3.8) is 0 Å². The quantitative estimate of drug-likeness (QED) is 0.0158. The lowest BCUT2D eigenvalue weighted by Gasteiger charge is -2.24. The molecule has 0 aliphatic heterocycles. The maximum atomic E-state index is 12.7. The number of likely N-dealkylation sites (N-methyl/N-ethyl adjacent to an activating group) is 1. The van der Waals surface area contributed by atoms with Crippen molar-refractivity contribution in [3.8, 4) is 0 Å². The summed E-state index contributed by atoms with van der Waals surface area (Å²) in [6, 6.07) is 0. The third kappa shape index (κ3) is 39.7. The highest BCUT2D eigenvalue weighted by atomic mass is 31.2. The van der Waals surface area contributed by atoms with E-state index in [4.69, 9.17) is 18.5 Å². The van der Waals surface area contributed by atoms with Gasteiger partial charge in [-0.3, -0.25) is 18.6 Å². The average Bonchev–Trinajstić information content (AvgIpc) is 3.12. The summed E-state index contributed by atoms with van der Waals surface area (Å²) in [5, 5.41) is 10.3. The first-order chi connectivity index (χ1) is 26.4. The van der Waals surface area contributed by atoms with Crippen LogP contribution in [-0.2, 0) is 32.7 Å². The fourth-order valence-electron chi connectivity index (χ4n) is 5.34. The Labute approximate surface area is 335 Å². The van der Waals surface area contributed by atoms with Crippen molar-refractivity contribution in [2.75, 3.05) is 47.5 Å². The highest BCUT2D eigenvalue weighted by Gasteiger charge is 2.27. The molecule has 0 bridgehead atoms. The third-order valence-electron chi connectivity index (χ3n) is 8.67. The Morgan fingerprint density at radius 2 is 1.18 bits per heavy atom. The van der Waals surface area contributed by atoms with Crippen molar-refractivity contribution < 1.29 is 47.2 Å². The Morgan fingerprint density at radius 3 is 1.75 bits per heavy atom. The Morgan fingerprint density at radius 1 is 0.655 bits per heavy atom. The van der Waals surface area contributed by atoms with Gasteiger partial charge in [0.05, 0.1) is 33.9 Å². The molecule has 0 aliphatic rings. The van der Waals surface area contributed by atoms with Crippen molar-refractivity contribution in [3.05, 3.63) is 60.8 Å². The summed E-state index contributed by atoms with van der Waals surface area (Å²) in [6.45, 7) is 4.06. The van der Waals surface area contributed by atoms with E-state index in [9.17, 15) is 24.2 Å². The fraction of sp³-hybridized carbons (Fsp3) is 0.727. The van der Waals surface area contributed by atoms with E-state index in [0.29, 0.717) is 30.3 Å². The number of phosphoric ester groups is 1. The number of carbonyl (C=O) groups excluding carboxylic acids is 2. The van der Waals surface area contributed by atoms with E-state index in [-0.39, 0.29) is 26.1 Å². The van der Waals surface area contributed by atoms with Gasteiger partial charge in [-0.05, 0) is 44.9 Å². The molecule has 55 heavy (non-hydrogen) atoms. The topological polar surface area (TPSA) is 129 Å². The Bertz CT molecular complexity index is 1140. The Kier molecular flexibility index (Phi) is 34.5. The van der Waals surface area contributed by atoms with Crippen LogP contribution in [-0.4, -0.2) is 86.1 Å². The summed E-state index contributed by atoms with van der Waals surface area (Å²) in [4.78, 5) is 35.3. The molecule has 2 N–H and O–H groups in total. The van der Waals surface area contributed by atoms with Gasteiger partial charge in [-0.2, -0.15) is 0 Å². The molecule has 10 nitrogen and oxygen atoms in total. The second-order valence-corrected chi connectivity index (χ2v) is 16.7. The number of nitrogens with zero attached hydrogens (tertiary/aromatic N) is 1. The predicted molar refractivity (Wildman–Crippen MR) is 225 cm³/mol. The van der Waals surface area contributed by atoms with Crippen LogP contribution in [0.25, 0.3) is 0 Å². The third-order valence-corrected chi connectivity index (χ3v) is 9.65. The number of hydrogen-bond acceptors (Lipinski definition) is 8. The fourth-order valence-corrected chi connectivity index (χ4v) is 6.08. The van der Waals surface area contributed by atoms with Crippen LogP contribution in [0.4, 0.5) is 0 Å². The van der Waals surface area contributed by atoms with Crippen LogP contribution < -0.4 is 0 Å². The first-order valence-corrected chi connectivity index (χ1v) is 22.6. The molecule has 11 heteroatoms. The number of rotatable bonds is 37. The largest absolute Gasteiger partial charge is 0.472 e. The van der Waals surface area contributed by atoms with E-state index >= 15 is 0 Å². The first-order valence-electron chi connectivity index (χ1n) is 21.1. The highest BCUT2D eigenvalue weighted by Crippen LogP contribution is 2.43. The van der Waals surface area contributed by atoms with Crippen LogP contribution in [0.3, 0.4) is 0 Å². The summed E-state index contributed by atoms with van der Waals surface area (Å²) in [6.07, 6.45) is 38.7. The number of allylic oxidation sites excluding steroid dienone is 9. The number of esters is 2. The molecule has 0 spiro atoms. The average molecular weight is 797 g/mol. The van der Waals surface area contributed by atoms with Gasteiger partial charge in [0.2, 0.25) is 0 Å². The zero-order chi connectivity index (χ0) is 40.9. The van der Waals surface area contributed by atoms with E-state index in [0.717, 1.165) is 44.9 Å². The second kappa shape index (κ2) is 36.0. The summed E-state index contributed by atoms with van der Waals surface area (Å²) < 4.78 is 34.1. The second-order valence-electron chi connectivity index (χ2n) is 15.2. The molecule has 318 valence electrons. The monoisotopic (exact) mass is 797 g/mol. The number of aliphatic hydroxyl groups excluding tert-OH is 1. The summed E-state index contributed by atoms with van der Waals surface area (Å²) in [5.74, 6) is -1.01. The van der Waals surface area contributed by atoms with Gasteiger partial charge in [0.25, 0.3) is 0 Å². The lowest BCUT2D eigenvalue weighted by molar-refractivity contribution is -0.870. The molecular weight excluding hydrogens is 717 g/mol. The number of hydrogen-bond donors (Lipinski definition) is 2. The zero-order valence-electron chi connectivity index (χ0n) is 35.3. The molecule has 0 radical (unpaired) electrons. The minimum Gasteiger partial charge on any atom is -0.462 e.